The standard InChI is InChI=1S/C6H13NO.C2H2O4/c1-2-6-5-8-4-3-7-6;3-1(4)2(5)6/h6-7H,2-5H2,1H3;(H,3,4)(H,5,6)/t6-;/m0./s1. The van der Waals surface area contributed by atoms with Crippen molar-refractivity contribution in [3.8, 4) is 0 Å². The first kappa shape index (κ1) is 12.9. The van der Waals surface area contributed by atoms with Crippen LogP contribution in [-0.2, 0) is 14.3 Å². The summed E-state index contributed by atoms with van der Waals surface area (Å²) in [5, 5.41) is 18.1. The summed E-state index contributed by atoms with van der Waals surface area (Å²) in [5.41, 5.74) is 0. The van der Waals surface area contributed by atoms with Crippen molar-refractivity contribution >= 4 is 11.9 Å². The van der Waals surface area contributed by atoms with Crippen LogP contribution in [-0.4, -0.2) is 48.0 Å². The zero-order valence-corrected chi connectivity index (χ0v) is 8.02. The maximum Gasteiger partial charge on any atom is 0.414 e. The summed E-state index contributed by atoms with van der Waals surface area (Å²) in [7, 11) is 0. The molecule has 0 aliphatic carbocycles. The topological polar surface area (TPSA) is 95.9 Å². The van der Waals surface area contributed by atoms with Gasteiger partial charge in [0.05, 0.1) is 13.2 Å². The molecule has 0 spiro atoms. The van der Waals surface area contributed by atoms with E-state index in [1.165, 1.54) is 6.42 Å². The lowest BCUT2D eigenvalue weighted by molar-refractivity contribution is -0.159. The first-order valence-corrected chi connectivity index (χ1v) is 4.35. The van der Waals surface area contributed by atoms with Crippen LogP contribution in [0.5, 0.6) is 0 Å². The van der Waals surface area contributed by atoms with Gasteiger partial charge in [-0.3, -0.25) is 0 Å². The second-order valence-corrected chi connectivity index (χ2v) is 2.74. The van der Waals surface area contributed by atoms with E-state index in [9.17, 15) is 0 Å². The Morgan fingerprint density at radius 1 is 1.43 bits per heavy atom. The van der Waals surface area contributed by atoms with E-state index >= 15 is 0 Å². The summed E-state index contributed by atoms with van der Waals surface area (Å²) >= 11 is 0. The van der Waals surface area contributed by atoms with E-state index in [0.29, 0.717) is 6.04 Å². The van der Waals surface area contributed by atoms with Gasteiger partial charge < -0.3 is 20.3 Å². The highest BCUT2D eigenvalue weighted by atomic mass is 16.5. The number of hydrogen-bond donors (Lipinski definition) is 3. The molecule has 6 heteroatoms. The molecule has 0 saturated carbocycles. The van der Waals surface area contributed by atoms with E-state index in [0.717, 1.165) is 19.8 Å². The maximum absolute atomic E-state index is 9.10. The third-order valence-electron chi connectivity index (χ3n) is 1.67. The summed E-state index contributed by atoms with van der Waals surface area (Å²) < 4.78 is 5.21. The van der Waals surface area contributed by atoms with Crippen molar-refractivity contribution in [2.24, 2.45) is 0 Å². The molecule has 1 atom stereocenters. The molecular formula is C8H15NO5. The van der Waals surface area contributed by atoms with Gasteiger partial charge in [-0.25, -0.2) is 9.59 Å². The molecule has 0 unspecified atom stereocenters. The quantitative estimate of drug-likeness (QED) is 0.501. The zero-order valence-electron chi connectivity index (χ0n) is 8.02. The van der Waals surface area contributed by atoms with Gasteiger partial charge in [-0.05, 0) is 6.42 Å². The van der Waals surface area contributed by atoms with E-state index in [1.807, 2.05) is 0 Å². The summed E-state index contributed by atoms with van der Waals surface area (Å²) in [5.74, 6) is -3.65. The van der Waals surface area contributed by atoms with E-state index in [2.05, 4.69) is 12.2 Å². The fourth-order valence-electron chi connectivity index (χ4n) is 0.882. The summed E-state index contributed by atoms with van der Waals surface area (Å²) in [6.45, 7) is 4.98. The van der Waals surface area contributed by atoms with Crippen LogP contribution >= 0.6 is 0 Å². The van der Waals surface area contributed by atoms with Crippen molar-refractivity contribution in [3.05, 3.63) is 0 Å². The molecule has 0 bridgehead atoms. The van der Waals surface area contributed by atoms with Gasteiger partial charge in [0.1, 0.15) is 0 Å². The van der Waals surface area contributed by atoms with Crippen LogP contribution in [0.3, 0.4) is 0 Å². The van der Waals surface area contributed by atoms with Gasteiger partial charge in [-0.1, -0.05) is 6.92 Å². The third-order valence-corrected chi connectivity index (χ3v) is 1.67. The Morgan fingerprint density at radius 3 is 2.21 bits per heavy atom. The minimum absolute atomic E-state index is 0.615. The molecule has 1 aliphatic rings. The van der Waals surface area contributed by atoms with Gasteiger partial charge in [0.2, 0.25) is 0 Å². The van der Waals surface area contributed by atoms with Gasteiger partial charge in [0.25, 0.3) is 0 Å². The third kappa shape index (κ3) is 6.38. The summed E-state index contributed by atoms with van der Waals surface area (Å²) in [4.78, 5) is 18.2. The van der Waals surface area contributed by atoms with E-state index in [-0.39, 0.29) is 0 Å². The molecule has 0 radical (unpaired) electrons. The number of carboxylic acid groups (broad SMARTS) is 2. The van der Waals surface area contributed by atoms with Gasteiger partial charge in [-0.2, -0.15) is 0 Å². The Morgan fingerprint density at radius 2 is 2.00 bits per heavy atom. The normalized spacial score (nSPS) is 20.5. The molecule has 1 saturated heterocycles. The number of carbonyl (C=O) groups is 2. The molecule has 6 nitrogen and oxygen atoms in total. The Kier molecular flexibility index (Phi) is 6.69. The number of carboxylic acids is 2. The van der Waals surface area contributed by atoms with Crippen LogP contribution in [0.15, 0.2) is 0 Å². The molecule has 82 valence electrons. The van der Waals surface area contributed by atoms with Crippen molar-refractivity contribution in [3.63, 3.8) is 0 Å². The molecule has 14 heavy (non-hydrogen) atoms. The average molecular weight is 205 g/mol. The minimum Gasteiger partial charge on any atom is -0.473 e. The van der Waals surface area contributed by atoms with Crippen LogP contribution in [0.25, 0.3) is 0 Å². The number of ether oxygens (including phenoxy) is 1. The molecule has 0 aromatic rings. The Bertz CT molecular complexity index is 176. The first-order valence-electron chi connectivity index (χ1n) is 4.35. The molecule has 1 heterocycles. The van der Waals surface area contributed by atoms with Crippen LogP contribution in [0.1, 0.15) is 13.3 Å². The molecule has 0 aromatic heterocycles. The molecule has 0 aromatic carbocycles. The predicted octanol–water partition coefficient (Wildman–Crippen LogP) is -0.460. The molecule has 1 aliphatic heterocycles. The fourth-order valence-corrected chi connectivity index (χ4v) is 0.882. The van der Waals surface area contributed by atoms with Crippen molar-refractivity contribution in [1.82, 2.24) is 5.32 Å². The first-order chi connectivity index (χ1) is 6.57. The van der Waals surface area contributed by atoms with Crippen LogP contribution in [0, 0.1) is 0 Å². The average Bonchev–Trinajstić information content (AvgIpc) is 2.20. The lowest BCUT2D eigenvalue weighted by Gasteiger charge is -2.21. The number of morpholine rings is 1. The number of rotatable bonds is 1. The minimum atomic E-state index is -1.82. The highest BCUT2D eigenvalue weighted by Gasteiger charge is 2.08. The number of aliphatic carboxylic acids is 2. The van der Waals surface area contributed by atoms with Crippen molar-refractivity contribution < 1.29 is 24.5 Å². The highest BCUT2D eigenvalue weighted by Crippen LogP contribution is 1.95. The highest BCUT2D eigenvalue weighted by molar-refractivity contribution is 6.27. The van der Waals surface area contributed by atoms with Gasteiger partial charge >= 0.3 is 11.9 Å². The fraction of sp³-hybridized carbons (Fsp3) is 0.750. The maximum atomic E-state index is 9.10. The smallest absolute Gasteiger partial charge is 0.414 e. The zero-order chi connectivity index (χ0) is 11.0. The van der Waals surface area contributed by atoms with Crippen LogP contribution < -0.4 is 5.32 Å². The number of hydrogen-bond acceptors (Lipinski definition) is 4. The predicted molar refractivity (Wildman–Crippen MR) is 48.2 cm³/mol. The van der Waals surface area contributed by atoms with Crippen molar-refractivity contribution in [2.45, 2.75) is 19.4 Å². The van der Waals surface area contributed by atoms with E-state index < -0.39 is 11.9 Å². The van der Waals surface area contributed by atoms with Crippen LogP contribution in [0.2, 0.25) is 0 Å². The van der Waals surface area contributed by atoms with E-state index in [1.54, 1.807) is 0 Å². The molecule has 1 rings (SSSR count). The van der Waals surface area contributed by atoms with Crippen molar-refractivity contribution in [2.75, 3.05) is 19.8 Å². The second-order valence-electron chi connectivity index (χ2n) is 2.74. The molecule has 3 N–H and O–H groups in total. The largest absolute Gasteiger partial charge is 0.473 e. The summed E-state index contributed by atoms with van der Waals surface area (Å²) in [6, 6.07) is 0.615. The monoisotopic (exact) mass is 205 g/mol. The van der Waals surface area contributed by atoms with Crippen molar-refractivity contribution in [1.29, 1.82) is 0 Å². The lowest BCUT2D eigenvalue weighted by Crippen LogP contribution is -2.40. The lowest BCUT2D eigenvalue weighted by atomic mass is 10.2. The summed E-state index contributed by atoms with van der Waals surface area (Å²) in [6.07, 6.45) is 1.18. The second kappa shape index (κ2) is 7.28. The van der Waals surface area contributed by atoms with Crippen LogP contribution in [0.4, 0.5) is 0 Å². The molecule has 1 fully saturated rings. The van der Waals surface area contributed by atoms with Gasteiger partial charge in [-0.15, -0.1) is 0 Å². The SMILES string of the molecule is CC[C@H]1COCCN1.O=C(O)C(=O)O. The Labute approximate surface area is 81.9 Å². The molecule has 0 amide bonds. The Hall–Kier alpha value is -1.14. The number of nitrogens with one attached hydrogen (secondary N) is 1. The molecular weight excluding hydrogens is 190 g/mol. The van der Waals surface area contributed by atoms with E-state index in [4.69, 9.17) is 24.5 Å². The Balaban J connectivity index is 0.000000255. The van der Waals surface area contributed by atoms with Gasteiger partial charge in [0.15, 0.2) is 0 Å². The van der Waals surface area contributed by atoms with Gasteiger partial charge in [0, 0.05) is 12.6 Å².